The van der Waals surface area contributed by atoms with Gasteiger partial charge in [0.05, 0.1) is 6.04 Å². The van der Waals surface area contributed by atoms with Gasteiger partial charge in [0.1, 0.15) is 10.7 Å². The fraction of sp³-hybridized carbons (Fsp3) is 0.250. The van der Waals surface area contributed by atoms with Crippen LogP contribution in [-0.4, -0.2) is 55.1 Å². The number of benzene rings is 2. The summed E-state index contributed by atoms with van der Waals surface area (Å²) in [6.07, 6.45) is 0.432. The zero-order valence-electron chi connectivity index (χ0n) is 15.7. The van der Waals surface area contributed by atoms with E-state index in [0.717, 1.165) is 12.1 Å². The van der Waals surface area contributed by atoms with Gasteiger partial charge in [-0.25, -0.2) is 12.8 Å². The molecule has 0 aromatic heterocycles. The lowest BCUT2D eigenvalue weighted by Crippen LogP contribution is -2.62. The summed E-state index contributed by atoms with van der Waals surface area (Å²) in [6, 6.07) is 10.5. The van der Waals surface area contributed by atoms with Crippen LogP contribution < -0.4 is 4.72 Å². The fourth-order valence-electron chi connectivity index (χ4n) is 3.52. The predicted octanol–water partition coefficient (Wildman–Crippen LogP) is 1.60. The van der Waals surface area contributed by atoms with Gasteiger partial charge in [-0.1, -0.05) is 12.1 Å². The molecule has 2 aromatic rings. The second-order valence-electron chi connectivity index (χ2n) is 7.13. The van der Waals surface area contributed by atoms with Crippen molar-refractivity contribution in [2.24, 2.45) is 0 Å². The summed E-state index contributed by atoms with van der Waals surface area (Å²) in [7, 11) is -4.10. The highest BCUT2D eigenvalue weighted by atomic mass is 32.2. The van der Waals surface area contributed by atoms with Crippen LogP contribution in [0.5, 0.6) is 0 Å². The molecule has 0 radical (unpaired) electrons. The molecular formula is C20H18FN3O5S. The molecule has 0 spiro atoms. The fourth-order valence-corrected chi connectivity index (χ4v) is 4.66. The number of rotatable bonds is 5. The average Bonchev–Trinajstić information content (AvgIpc) is 3.00. The van der Waals surface area contributed by atoms with E-state index < -0.39 is 20.7 Å². The van der Waals surface area contributed by atoms with Gasteiger partial charge in [-0.2, -0.15) is 0 Å². The zero-order valence-corrected chi connectivity index (χ0v) is 16.6. The van der Waals surface area contributed by atoms with Crippen molar-refractivity contribution in [1.29, 1.82) is 0 Å². The molecule has 156 valence electrons. The quantitative estimate of drug-likeness (QED) is 0.725. The lowest BCUT2D eigenvalue weighted by molar-refractivity contribution is -0.144. The maximum absolute atomic E-state index is 13.8. The molecule has 0 bridgehead atoms. The summed E-state index contributed by atoms with van der Waals surface area (Å²) >= 11 is 0. The van der Waals surface area contributed by atoms with Crippen LogP contribution in [0.15, 0.2) is 53.4 Å². The van der Waals surface area contributed by atoms with E-state index in [0.29, 0.717) is 5.56 Å². The van der Waals surface area contributed by atoms with Gasteiger partial charge in [-0.05, 0) is 36.4 Å². The Hall–Kier alpha value is -3.27. The topological polar surface area (TPSA) is 104 Å². The van der Waals surface area contributed by atoms with Crippen LogP contribution in [0.1, 0.15) is 23.2 Å². The van der Waals surface area contributed by atoms with E-state index in [2.05, 4.69) is 4.72 Å². The first-order valence-corrected chi connectivity index (χ1v) is 10.8. The lowest BCUT2D eigenvalue weighted by Gasteiger charge is -2.43. The third-order valence-corrected chi connectivity index (χ3v) is 6.53. The third-order valence-electron chi connectivity index (χ3n) is 5.11. The number of sulfonamides is 1. The van der Waals surface area contributed by atoms with Crippen molar-refractivity contribution in [3.05, 3.63) is 59.9 Å². The van der Waals surface area contributed by atoms with Crippen LogP contribution in [0.4, 0.5) is 10.1 Å². The highest BCUT2D eigenvalue weighted by Crippen LogP contribution is 2.25. The molecule has 2 fully saturated rings. The van der Waals surface area contributed by atoms with Crippen molar-refractivity contribution >= 4 is 33.4 Å². The second kappa shape index (κ2) is 7.52. The largest absolute Gasteiger partial charge is 0.334 e. The molecule has 2 aliphatic heterocycles. The van der Waals surface area contributed by atoms with Gasteiger partial charge in [0.15, 0.2) is 0 Å². The predicted molar refractivity (Wildman–Crippen MR) is 104 cm³/mol. The van der Waals surface area contributed by atoms with Gasteiger partial charge in [-0.3, -0.25) is 24.0 Å². The van der Waals surface area contributed by atoms with Crippen LogP contribution in [0.25, 0.3) is 0 Å². The highest BCUT2D eigenvalue weighted by Gasteiger charge is 2.42. The maximum atomic E-state index is 13.8. The summed E-state index contributed by atoms with van der Waals surface area (Å²) < 4.78 is 40.7. The first-order chi connectivity index (χ1) is 14.3. The Morgan fingerprint density at radius 3 is 2.17 bits per heavy atom. The van der Waals surface area contributed by atoms with E-state index in [-0.39, 0.29) is 55.4 Å². The van der Waals surface area contributed by atoms with Gasteiger partial charge in [0, 0.05) is 37.2 Å². The van der Waals surface area contributed by atoms with Crippen molar-refractivity contribution in [3.8, 4) is 0 Å². The normalized spacial score (nSPS) is 17.2. The van der Waals surface area contributed by atoms with Gasteiger partial charge < -0.3 is 4.90 Å². The van der Waals surface area contributed by atoms with Crippen LogP contribution >= 0.6 is 0 Å². The number of nitrogens with one attached hydrogen (secondary N) is 1. The number of carbonyl (C=O) groups excluding carboxylic acids is 3. The number of hydrogen-bond acceptors (Lipinski definition) is 5. The third kappa shape index (κ3) is 3.65. The number of amides is 3. The molecule has 0 aliphatic carbocycles. The van der Waals surface area contributed by atoms with E-state index in [1.807, 2.05) is 0 Å². The Balaban J connectivity index is 1.39. The molecule has 2 aliphatic rings. The zero-order chi connectivity index (χ0) is 21.5. The number of hydrogen-bond donors (Lipinski definition) is 1. The standard InChI is InChI=1S/C20H18FN3O5S/c21-16-3-1-2-4-17(16)30(28,29)22-14-7-5-13(6-8-14)20(27)23-11-15(12-23)24-18(25)9-10-19(24)26/h1-8,15,22H,9-12H2. The number of halogens is 1. The number of nitrogens with zero attached hydrogens (tertiary/aromatic N) is 2. The maximum Gasteiger partial charge on any atom is 0.264 e. The molecule has 8 nitrogen and oxygen atoms in total. The Labute approximate surface area is 172 Å². The number of anilines is 1. The molecule has 10 heteroatoms. The van der Waals surface area contributed by atoms with E-state index in [1.54, 1.807) is 0 Å². The molecule has 0 atom stereocenters. The monoisotopic (exact) mass is 431 g/mol. The van der Waals surface area contributed by atoms with Gasteiger partial charge in [0.2, 0.25) is 11.8 Å². The second-order valence-corrected chi connectivity index (χ2v) is 8.79. The number of carbonyl (C=O) groups is 3. The molecule has 30 heavy (non-hydrogen) atoms. The van der Waals surface area contributed by atoms with Gasteiger partial charge >= 0.3 is 0 Å². The Bertz CT molecular complexity index is 1110. The van der Waals surface area contributed by atoms with Gasteiger partial charge in [-0.15, -0.1) is 0 Å². The van der Waals surface area contributed by atoms with Crippen molar-refractivity contribution in [3.63, 3.8) is 0 Å². The molecule has 2 heterocycles. The molecular weight excluding hydrogens is 413 g/mol. The van der Waals surface area contributed by atoms with Crippen LogP contribution in [-0.2, 0) is 19.6 Å². The van der Waals surface area contributed by atoms with E-state index >= 15 is 0 Å². The molecule has 4 rings (SSSR count). The molecule has 2 saturated heterocycles. The van der Waals surface area contributed by atoms with E-state index in [1.165, 1.54) is 46.2 Å². The minimum Gasteiger partial charge on any atom is -0.334 e. The van der Waals surface area contributed by atoms with Crippen molar-refractivity contribution in [2.75, 3.05) is 17.8 Å². The first-order valence-electron chi connectivity index (χ1n) is 9.28. The summed E-state index contributed by atoms with van der Waals surface area (Å²) in [6.45, 7) is 0.552. The van der Waals surface area contributed by atoms with Gasteiger partial charge in [0.25, 0.3) is 15.9 Å². The first kappa shape index (κ1) is 20.0. The minimum atomic E-state index is -4.10. The smallest absolute Gasteiger partial charge is 0.264 e. The summed E-state index contributed by atoms with van der Waals surface area (Å²) in [5.41, 5.74) is 0.519. The molecule has 2 aromatic carbocycles. The van der Waals surface area contributed by atoms with E-state index in [4.69, 9.17) is 0 Å². The van der Waals surface area contributed by atoms with Crippen LogP contribution in [0.3, 0.4) is 0 Å². The molecule has 1 N–H and O–H groups in total. The van der Waals surface area contributed by atoms with Crippen molar-refractivity contribution in [1.82, 2.24) is 9.80 Å². The summed E-state index contributed by atoms with van der Waals surface area (Å²) in [5, 5.41) is 0. The van der Waals surface area contributed by atoms with Crippen molar-refractivity contribution < 1.29 is 27.2 Å². The molecule has 3 amide bonds. The van der Waals surface area contributed by atoms with Crippen LogP contribution in [0, 0.1) is 5.82 Å². The SMILES string of the molecule is O=C(c1ccc(NS(=O)(=O)c2ccccc2F)cc1)N1CC(N2C(=O)CCC2=O)C1. The Kier molecular flexibility index (Phi) is 5.02. The number of imide groups is 1. The average molecular weight is 431 g/mol. The number of likely N-dealkylation sites (tertiary alicyclic amines) is 2. The lowest BCUT2D eigenvalue weighted by atomic mass is 10.0. The Morgan fingerprint density at radius 1 is 0.967 bits per heavy atom. The van der Waals surface area contributed by atoms with Crippen molar-refractivity contribution in [2.45, 2.75) is 23.8 Å². The summed E-state index contributed by atoms with van der Waals surface area (Å²) in [4.78, 5) is 38.4. The summed E-state index contributed by atoms with van der Waals surface area (Å²) in [5.74, 6) is -1.56. The highest BCUT2D eigenvalue weighted by molar-refractivity contribution is 7.92. The molecule has 0 unspecified atom stereocenters. The van der Waals surface area contributed by atoms with E-state index in [9.17, 15) is 27.2 Å². The Morgan fingerprint density at radius 2 is 1.57 bits per heavy atom. The molecule has 0 saturated carbocycles. The van der Waals surface area contributed by atoms with Crippen LogP contribution in [0.2, 0.25) is 0 Å². The minimum absolute atomic E-state index is 0.185.